The van der Waals surface area contributed by atoms with Crippen LogP contribution < -0.4 is 10.6 Å². The summed E-state index contributed by atoms with van der Waals surface area (Å²) in [6.07, 6.45) is 7.53. The van der Waals surface area contributed by atoms with E-state index in [1.54, 1.807) is 23.0 Å². The van der Waals surface area contributed by atoms with Crippen LogP contribution in [0.4, 0.5) is 5.82 Å². The molecule has 1 amide bonds. The van der Waals surface area contributed by atoms with Crippen LogP contribution in [0, 0.1) is 5.92 Å². The monoisotopic (exact) mass is 490 g/mol. The molecule has 0 bridgehead atoms. The van der Waals surface area contributed by atoms with Gasteiger partial charge in [0.25, 0.3) is 5.91 Å². The SMILES string of the molecule is Cn1ncc2ccc(C(=O)NC(CCN3CC[C@@H](CCc4ccc5c(n4)NCCC5)C3)C(=O)O)cc21. The molecule has 1 aromatic carbocycles. The van der Waals surface area contributed by atoms with Crippen molar-refractivity contribution in [3.05, 3.63) is 53.3 Å². The highest BCUT2D eigenvalue weighted by Crippen LogP contribution is 2.24. The van der Waals surface area contributed by atoms with Crippen LogP contribution in [0.5, 0.6) is 0 Å². The van der Waals surface area contributed by atoms with Gasteiger partial charge in [-0.15, -0.1) is 0 Å². The molecular formula is C27H34N6O3. The first-order valence-corrected chi connectivity index (χ1v) is 12.9. The molecule has 9 heteroatoms. The second-order valence-corrected chi connectivity index (χ2v) is 10.0. The number of amides is 1. The van der Waals surface area contributed by atoms with Gasteiger partial charge >= 0.3 is 5.97 Å². The van der Waals surface area contributed by atoms with Crippen LogP contribution in [-0.4, -0.2) is 68.9 Å². The van der Waals surface area contributed by atoms with E-state index < -0.39 is 12.0 Å². The van der Waals surface area contributed by atoms with Gasteiger partial charge in [-0.2, -0.15) is 5.10 Å². The van der Waals surface area contributed by atoms with Gasteiger partial charge in [-0.1, -0.05) is 12.1 Å². The quantitative estimate of drug-likeness (QED) is 0.423. The molecule has 9 nitrogen and oxygen atoms in total. The molecule has 2 aliphatic heterocycles. The molecule has 0 radical (unpaired) electrons. The van der Waals surface area contributed by atoms with Crippen molar-refractivity contribution in [1.29, 1.82) is 0 Å². The van der Waals surface area contributed by atoms with Crippen LogP contribution >= 0.6 is 0 Å². The van der Waals surface area contributed by atoms with Crippen LogP contribution in [0.15, 0.2) is 36.5 Å². The molecule has 190 valence electrons. The Balaban J connectivity index is 1.10. The molecule has 0 spiro atoms. The van der Waals surface area contributed by atoms with Gasteiger partial charge in [0, 0.05) is 43.3 Å². The molecule has 1 saturated heterocycles. The van der Waals surface area contributed by atoms with E-state index in [1.165, 1.54) is 12.0 Å². The van der Waals surface area contributed by atoms with Crippen molar-refractivity contribution in [3.63, 3.8) is 0 Å². The Morgan fingerprint density at radius 2 is 2.17 bits per heavy atom. The molecule has 2 aliphatic rings. The van der Waals surface area contributed by atoms with Gasteiger partial charge in [-0.3, -0.25) is 9.48 Å². The molecule has 0 aliphatic carbocycles. The number of likely N-dealkylation sites (tertiary alicyclic amines) is 1. The molecule has 4 heterocycles. The highest BCUT2D eigenvalue weighted by Gasteiger charge is 2.26. The maximum atomic E-state index is 12.8. The number of carbonyl (C=O) groups is 2. The number of fused-ring (bicyclic) bond motifs is 2. The summed E-state index contributed by atoms with van der Waals surface area (Å²) < 4.78 is 1.70. The van der Waals surface area contributed by atoms with Crippen LogP contribution in [0.1, 0.15) is 47.3 Å². The highest BCUT2D eigenvalue weighted by molar-refractivity contribution is 5.99. The first-order chi connectivity index (χ1) is 17.5. The summed E-state index contributed by atoms with van der Waals surface area (Å²) in [4.78, 5) is 31.8. The number of nitrogens with zero attached hydrogens (tertiary/aromatic N) is 4. The third kappa shape index (κ3) is 5.51. The summed E-state index contributed by atoms with van der Waals surface area (Å²) in [5.41, 5.74) is 3.72. The summed E-state index contributed by atoms with van der Waals surface area (Å²) in [5, 5.41) is 21.0. The number of anilines is 1. The first-order valence-electron chi connectivity index (χ1n) is 12.9. The predicted octanol–water partition coefficient (Wildman–Crippen LogP) is 2.85. The van der Waals surface area contributed by atoms with Crippen molar-refractivity contribution in [1.82, 2.24) is 25.0 Å². The van der Waals surface area contributed by atoms with Crippen molar-refractivity contribution < 1.29 is 14.7 Å². The topological polar surface area (TPSA) is 112 Å². The fourth-order valence-corrected chi connectivity index (χ4v) is 5.31. The number of benzene rings is 1. The lowest BCUT2D eigenvalue weighted by Crippen LogP contribution is -2.43. The highest BCUT2D eigenvalue weighted by atomic mass is 16.4. The number of carboxylic acids is 1. The number of hydrogen-bond acceptors (Lipinski definition) is 6. The average molecular weight is 491 g/mol. The zero-order chi connectivity index (χ0) is 25.1. The molecule has 2 atom stereocenters. The van der Waals surface area contributed by atoms with Crippen molar-refractivity contribution in [2.45, 2.75) is 44.6 Å². The van der Waals surface area contributed by atoms with E-state index in [-0.39, 0.29) is 5.91 Å². The minimum absolute atomic E-state index is 0.375. The van der Waals surface area contributed by atoms with Gasteiger partial charge in [0.15, 0.2) is 0 Å². The van der Waals surface area contributed by atoms with E-state index in [4.69, 9.17) is 4.98 Å². The number of aromatic nitrogens is 3. The number of aliphatic carboxylic acids is 1. The summed E-state index contributed by atoms with van der Waals surface area (Å²) in [6.45, 7) is 3.57. The Labute approximate surface area is 210 Å². The van der Waals surface area contributed by atoms with Crippen molar-refractivity contribution in [3.8, 4) is 0 Å². The zero-order valence-electron chi connectivity index (χ0n) is 20.7. The van der Waals surface area contributed by atoms with Crippen molar-refractivity contribution in [2.24, 2.45) is 13.0 Å². The summed E-state index contributed by atoms with van der Waals surface area (Å²) >= 11 is 0. The third-order valence-corrected chi connectivity index (χ3v) is 7.48. The van der Waals surface area contributed by atoms with Gasteiger partial charge < -0.3 is 20.6 Å². The van der Waals surface area contributed by atoms with E-state index in [9.17, 15) is 14.7 Å². The maximum Gasteiger partial charge on any atom is 0.326 e. The second kappa shape index (κ2) is 10.7. The van der Waals surface area contributed by atoms with Gasteiger partial charge in [-0.25, -0.2) is 9.78 Å². The number of pyridine rings is 1. The molecule has 0 saturated carbocycles. The molecule has 1 unspecified atom stereocenters. The van der Waals surface area contributed by atoms with Crippen LogP contribution in [-0.2, 0) is 24.7 Å². The second-order valence-electron chi connectivity index (χ2n) is 10.0. The number of hydrogen-bond donors (Lipinski definition) is 3. The number of carboxylic acid groups (broad SMARTS) is 1. The summed E-state index contributed by atoms with van der Waals surface area (Å²) in [5.74, 6) is 0.248. The smallest absolute Gasteiger partial charge is 0.326 e. The largest absolute Gasteiger partial charge is 0.480 e. The van der Waals surface area contributed by atoms with E-state index >= 15 is 0 Å². The Hall–Kier alpha value is -3.46. The molecule has 5 rings (SSSR count). The lowest BCUT2D eigenvalue weighted by atomic mass is 10.00. The molecule has 1 fully saturated rings. The minimum atomic E-state index is -1.01. The van der Waals surface area contributed by atoms with E-state index in [2.05, 4.69) is 32.8 Å². The average Bonchev–Trinajstić information content (AvgIpc) is 3.50. The Morgan fingerprint density at radius 3 is 3.03 bits per heavy atom. The lowest BCUT2D eigenvalue weighted by Gasteiger charge is -2.20. The van der Waals surface area contributed by atoms with Gasteiger partial charge in [0.05, 0.1) is 11.7 Å². The number of nitrogens with one attached hydrogen (secondary N) is 2. The predicted molar refractivity (Wildman–Crippen MR) is 138 cm³/mol. The Kier molecular flexibility index (Phi) is 7.18. The Bertz CT molecular complexity index is 1260. The Morgan fingerprint density at radius 1 is 1.28 bits per heavy atom. The van der Waals surface area contributed by atoms with E-state index in [1.807, 2.05) is 13.1 Å². The lowest BCUT2D eigenvalue weighted by molar-refractivity contribution is -0.139. The van der Waals surface area contributed by atoms with Gasteiger partial charge in [0.2, 0.25) is 0 Å². The fraction of sp³-hybridized carbons (Fsp3) is 0.481. The number of aryl methyl sites for hydroxylation is 3. The van der Waals surface area contributed by atoms with E-state index in [0.29, 0.717) is 24.4 Å². The van der Waals surface area contributed by atoms with Crippen LogP contribution in [0.2, 0.25) is 0 Å². The van der Waals surface area contributed by atoms with Crippen LogP contribution in [0.3, 0.4) is 0 Å². The van der Waals surface area contributed by atoms with Crippen molar-refractivity contribution >= 4 is 28.6 Å². The first kappa shape index (κ1) is 24.2. The zero-order valence-corrected chi connectivity index (χ0v) is 20.7. The number of carbonyl (C=O) groups excluding carboxylic acids is 1. The molecule has 2 aromatic heterocycles. The third-order valence-electron chi connectivity index (χ3n) is 7.48. The van der Waals surface area contributed by atoms with Gasteiger partial charge in [0.1, 0.15) is 11.9 Å². The van der Waals surface area contributed by atoms with E-state index in [0.717, 1.165) is 67.7 Å². The maximum absolute atomic E-state index is 12.8. The normalized spacial score (nSPS) is 18.5. The van der Waals surface area contributed by atoms with Crippen LogP contribution in [0.25, 0.3) is 10.9 Å². The van der Waals surface area contributed by atoms with Gasteiger partial charge in [-0.05, 0) is 74.8 Å². The minimum Gasteiger partial charge on any atom is -0.480 e. The fourth-order valence-electron chi connectivity index (χ4n) is 5.31. The summed E-state index contributed by atoms with van der Waals surface area (Å²) in [7, 11) is 1.81. The number of rotatable bonds is 9. The summed E-state index contributed by atoms with van der Waals surface area (Å²) in [6, 6.07) is 8.72. The molecular weight excluding hydrogens is 456 g/mol. The molecule has 3 aromatic rings. The molecule has 36 heavy (non-hydrogen) atoms. The standard InChI is InChI=1S/C27H34N6O3/c1-32-24-15-20(5-6-21(24)16-29-32)26(34)31-23(27(35)36)11-14-33-13-10-18(17-33)4-8-22-9-7-19-3-2-12-28-25(19)30-22/h5-7,9,15-16,18,23H,2-4,8,10-14,17H2,1H3,(H,28,30)(H,31,34)(H,35,36)/t18-,23?/m1/s1. The van der Waals surface area contributed by atoms with Crippen molar-refractivity contribution in [2.75, 3.05) is 31.5 Å². The molecule has 3 N–H and O–H groups in total.